The van der Waals surface area contributed by atoms with E-state index in [2.05, 4.69) is 15.6 Å². The van der Waals surface area contributed by atoms with Crippen LogP contribution in [0.5, 0.6) is 0 Å². The van der Waals surface area contributed by atoms with Crippen LogP contribution in [0, 0.1) is 0 Å². The molecule has 2 aromatic carbocycles. The molecule has 0 radical (unpaired) electrons. The summed E-state index contributed by atoms with van der Waals surface area (Å²) in [4.78, 5) is 40.9. The summed E-state index contributed by atoms with van der Waals surface area (Å²) in [5.41, 5.74) is 8.33. The largest absolute Gasteiger partial charge is 0.458 e. The third-order valence-corrected chi connectivity index (χ3v) is 5.86. The predicted molar refractivity (Wildman–Crippen MR) is 146 cm³/mol. The van der Waals surface area contributed by atoms with E-state index in [1.54, 1.807) is 20.8 Å². The van der Waals surface area contributed by atoms with Gasteiger partial charge in [-0.3, -0.25) is 4.79 Å². The maximum Gasteiger partial charge on any atom is 0.407 e. The van der Waals surface area contributed by atoms with Crippen molar-refractivity contribution in [2.45, 2.75) is 70.7 Å². The maximum absolute atomic E-state index is 12.9. The minimum Gasteiger partial charge on any atom is -0.458 e. The number of alkyl carbamates (subject to hydrolysis) is 1. The molecule has 0 bridgehead atoms. The van der Waals surface area contributed by atoms with Gasteiger partial charge in [-0.2, -0.15) is 0 Å². The number of H-pyrrole nitrogens is 1. The number of aromatic amines is 1. The van der Waals surface area contributed by atoms with Crippen LogP contribution in [0.25, 0.3) is 10.9 Å². The number of carbonyl (C=O) groups is 3. The second kappa shape index (κ2) is 13.6. The summed E-state index contributed by atoms with van der Waals surface area (Å²) in [6, 6.07) is 15.5. The fourth-order valence-corrected chi connectivity index (χ4v) is 3.97. The van der Waals surface area contributed by atoms with Gasteiger partial charge in [-0.05, 0) is 63.6 Å². The monoisotopic (exact) mass is 522 g/mol. The molecule has 3 rings (SSSR count). The molecule has 0 aliphatic carbocycles. The Morgan fingerprint density at radius 3 is 2.45 bits per heavy atom. The molecule has 0 unspecified atom stereocenters. The summed E-state index contributed by atoms with van der Waals surface area (Å²) in [6.07, 6.45) is 3.18. The molecule has 1 aromatic heterocycles. The fraction of sp³-hybridized carbons (Fsp3) is 0.414. The van der Waals surface area contributed by atoms with Gasteiger partial charge in [0, 0.05) is 23.6 Å². The van der Waals surface area contributed by atoms with Crippen LogP contribution < -0.4 is 16.4 Å². The molecule has 3 aromatic rings. The van der Waals surface area contributed by atoms with Crippen LogP contribution in [-0.4, -0.2) is 47.2 Å². The quantitative estimate of drug-likeness (QED) is 0.210. The zero-order valence-electron chi connectivity index (χ0n) is 22.3. The highest BCUT2D eigenvalue weighted by molar-refractivity contribution is 5.89. The first-order valence-corrected chi connectivity index (χ1v) is 12.9. The van der Waals surface area contributed by atoms with Crippen molar-refractivity contribution in [2.24, 2.45) is 5.73 Å². The zero-order valence-corrected chi connectivity index (χ0v) is 22.3. The molecule has 5 N–H and O–H groups in total. The smallest absolute Gasteiger partial charge is 0.407 e. The molecule has 2 amide bonds. The number of unbranched alkanes of at least 4 members (excludes halogenated alkanes) is 1. The molecule has 0 aliphatic rings. The van der Waals surface area contributed by atoms with Crippen molar-refractivity contribution in [3.63, 3.8) is 0 Å². The number of hydrogen-bond acceptors (Lipinski definition) is 6. The molecule has 0 saturated heterocycles. The van der Waals surface area contributed by atoms with Gasteiger partial charge in [0.25, 0.3) is 0 Å². The summed E-state index contributed by atoms with van der Waals surface area (Å²) < 4.78 is 10.7. The van der Waals surface area contributed by atoms with Crippen LogP contribution in [-0.2, 0) is 32.1 Å². The Labute approximate surface area is 223 Å². The number of hydrogen-bond donors (Lipinski definition) is 4. The van der Waals surface area contributed by atoms with Crippen LogP contribution in [0.1, 0.15) is 51.2 Å². The number of fused-ring (bicyclic) bond motifs is 1. The standard InChI is InChI=1S/C29H38N4O5/c1-29(2,3)38-27(35)25(15-9-10-16-31-28(36)37-19-20-11-5-4-6-12-20)33-26(34)23(30)17-21-18-32-24-14-8-7-13-22(21)24/h4-8,11-14,18,23,25,32H,9-10,15-17,19,30H2,1-3H3,(H,31,36)(H,33,34)/t23-,25+/m1/s1. The summed E-state index contributed by atoms with van der Waals surface area (Å²) in [7, 11) is 0. The van der Waals surface area contributed by atoms with Crippen molar-refractivity contribution < 1.29 is 23.9 Å². The lowest BCUT2D eigenvalue weighted by molar-refractivity contribution is -0.159. The second-order valence-electron chi connectivity index (χ2n) is 10.2. The van der Waals surface area contributed by atoms with E-state index < -0.39 is 35.7 Å². The van der Waals surface area contributed by atoms with E-state index in [1.807, 2.05) is 60.8 Å². The Balaban J connectivity index is 1.48. The Morgan fingerprint density at radius 1 is 1.00 bits per heavy atom. The first kappa shape index (κ1) is 28.7. The number of benzene rings is 2. The van der Waals surface area contributed by atoms with Gasteiger partial charge in [-0.1, -0.05) is 48.5 Å². The number of carbonyl (C=O) groups excluding carboxylic acids is 3. The first-order valence-electron chi connectivity index (χ1n) is 12.9. The van der Waals surface area contributed by atoms with Crippen molar-refractivity contribution in [2.75, 3.05) is 6.54 Å². The molecule has 0 spiro atoms. The van der Waals surface area contributed by atoms with Gasteiger partial charge in [-0.25, -0.2) is 9.59 Å². The van der Waals surface area contributed by atoms with Gasteiger partial charge in [0.15, 0.2) is 0 Å². The molecule has 38 heavy (non-hydrogen) atoms. The van der Waals surface area contributed by atoms with Crippen LogP contribution >= 0.6 is 0 Å². The Morgan fingerprint density at radius 2 is 1.71 bits per heavy atom. The molecule has 9 heteroatoms. The van der Waals surface area contributed by atoms with E-state index in [4.69, 9.17) is 15.2 Å². The fourth-order valence-electron chi connectivity index (χ4n) is 3.97. The van der Waals surface area contributed by atoms with Gasteiger partial charge in [0.2, 0.25) is 5.91 Å². The lowest BCUT2D eigenvalue weighted by Gasteiger charge is -2.25. The molecule has 2 atom stereocenters. The topological polar surface area (TPSA) is 136 Å². The Kier molecular flexibility index (Phi) is 10.3. The molecule has 1 heterocycles. The molecule has 0 saturated carbocycles. The van der Waals surface area contributed by atoms with Crippen molar-refractivity contribution >= 4 is 28.9 Å². The number of nitrogens with two attached hydrogens (primary N) is 1. The van der Waals surface area contributed by atoms with Crippen LogP contribution in [0.2, 0.25) is 0 Å². The highest BCUT2D eigenvalue weighted by Gasteiger charge is 2.28. The van der Waals surface area contributed by atoms with Gasteiger partial charge >= 0.3 is 12.1 Å². The Bertz CT molecular complexity index is 1200. The van der Waals surface area contributed by atoms with Crippen LogP contribution in [0.4, 0.5) is 4.79 Å². The van der Waals surface area contributed by atoms with Crippen molar-refractivity contribution in [1.82, 2.24) is 15.6 Å². The van der Waals surface area contributed by atoms with E-state index in [1.165, 1.54) is 0 Å². The van der Waals surface area contributed by atoms with E-state index in [0.717, 1.165) is 22.0 Å². The van der Waals surface area contributed by atoms with Gasteiger partial charge < -0.3 is 30.8 Å². The van der Waals surface area contributed by atoms with Crippen molar-refractivity contribution in [1.29, 1.82) is 0 Å². The number of nitrogens with one attached hydrogen (secondary N) is 3. The molecule has 204 valence electrons. The van der Waals surface area contributed by atoms with E-state index in [9.17, 15) is 14.4 Å². The summed E-state index contributed by atoms with van der Waals surface area (Å²) in [5, 5.41) is 6.49. The lowest BCUT2D eigenvalue weighted by Crippen LogP contribution is -2.50. The molecule has 0 aliphatic heterocycles. The van der Waals surface area contributed by atoms with Crippen LogP contribution in [0.15, 0.2) is 60.8 Å². The normalized spacial score (nSPS) is 12.9. The molecular formula is C29H38N4O5. The summed E-state index contributed by atoms with van der Waals surface area (Å²) in [6.45, 7) is 5.90. The van der Waals surface area contributed by atoms with Crippen molar-refractivity contribution in [3.05, 3.63) is 71.9 Å². The average Bonchev–Trinajstić information content (AvgIpc) is 3.28. The van der Waals surface area contributed by atoms with Crippen molar-refractivity contribution in [3.8, 4) is 0 Å². The van der Waals surface area contributed by atoms with Gasteiger partial charge in [0.1, 0.15) is 18.2 Å². The van der Waals surface area contributed by atoms with Crippen LogP contribution in [0.3, 0.4) is 0 Å². The highest BCUT2D eigenvalue weighted by Crippen LogP contribution is 2.19. The predicted octanol–water partition coefficient (Wildman–Crippen LogP) is 3.96. The number of amides is 2. The first-order chi connectivity index (χ1) is 18.1. The average molecular weight is 523 g/mol. The molecule has 0 fully saturated rings. The van der Waals surface area contributed by atoms with E-state index >= 15 is 0 Å². The lowest BCUT2D eigenvalue weighted by atomic mass is 10.0. The third kappa shape index (κ3) is 9.23. The molecule has 9 nitrogen and oxygen atoms in total. The minimum absolute atomic E-state index is 0.193. The number of para-hydroxylation sites is 1. The van der Waals surface area contributed by atoms with E-state index in [-0.39, 0.29) is 6.61 Å². The number of rotatable bonds is 12. The zero-order chi connectivity index (χ0) is 27.5. The summed E-state index contributed by atoms with van der Waals surface area (Å²) >= 11 is 0. The number of esters is 1. The highest BCUT2D eigenvalue weighted by atomic mass is 16.6. The SMILES string of the molecule is CC(C)(C)OC(=O)[C@H](CCCCNC(=O)OCc1ccccc1)NC(=O)[C@H](N)Cc1c[nH]c2ccccc12. The van der Waals surface area contributed by atoms with Gasteiger partial charge in [-0.15, -0.1) is 0 Å². The minimum atomic E-state index is -0.847. The Hall–Kier alpha value is -3.85. The summed E-state index contributed by atoms with van der Waals surface area (Å²) in [5.74, 6) is -0.936. The second-order valence-corrected chi connectivity index (χ2v) is 10.2. The van der Waals surface area contributed by atoms with E-state index in [0.29, 0.717) is 32.2 Å². The van der Waals surface area contributed by atoms with Gasteiger partial charge in [0.05, 0.1) is 6.04 Å². The maximum atomic E-state index is 12.9. The number of ether oxygens (including phenoxy) is 2. The number of aromatic nitrogens is 1. The molecular weight excluding hydrogens is 484 g/mol. The third-order valence-electron chi connectivity index (χ3n) is 5.86.